The van der Waals surface area contributed by atoms with Crippen molar-refractivity contribution in [2.75, 3.05) is 0 Å². The number of nitrogens with zero attached hydrogens (tertiary/aromatic N) is 2. The molecule has 7 nitrogen and oxygen atoms in total. The van der Waals surface area contributed by atoms with Gasteiger partial charge >= 0.3 is 10.1 Å². The fraction of sp³-hybridized carbons (Fsp3) is 0.0952. The maximum atomic E-state index is 12.9. The normalized spacial score (nSPS) is 11.4. The van der Waals surface area contributed by atoms with Crippen LogP contribution in [0.2, 0.25) is 0 Å². The summed E-state index contributed by atoms with van der Waals surface area (Å²) in [6.07, 6.45) is 1.49. The first-order chi connectivity index (χ1) is 14.8. The molecule has 0 radical (unpaired) electrons. The number of hydrogen-bond acceptors (Lipinski definition) is 7. The van der Waals surface area contributed by atoms with E-state index in [9.17, 15) is 13.2 Å². The van der Waals surface area contributed by atoms with Crippen molar-refractivity contribution in [3.8, 4) is 5.75 Å². The molecule has 0 unspecified atom stereocenters. The summed E-state index contributed by atoms with van der Waals surface area (Å²) in [6, 6.07) is 13.4. The highest BCUT2D eigenvalue weighted by atomic mass is 79.9. The number of carbonyl (C=O) groups is 1. The zero-order chi connectivity index (χ0) is 22.0. The van der Waals surface area contributed by atoms with Crippen LogP contribution in [0, 0.1) is 6.92 Å². The molecule has 1 amide bonds. The number of amides is 1. The van der Waals surface area contributed by atoms with Crippen LogP contribution in [0.5, 0.6) is 5.75 Å². The fourth-order valence-electron chi connectivity index (χ4n) is 2.83. The average Bonchev–Trinajstić information content (AvgIpc) is 3.28. The summed E-state index contributed by atoms with van der Waals surface area (Å²) < 4.78 is 31.7. The first kappa shape index (κ1) is 21.4. The molecule has 0 fully saturated rings. The molecule has 1 aromatic carbocycles. The second kappa shape index (κ2) is 8.74. The zero-order valence-electron chi connectivity index (χ0n) is 16.2. The third-order valence-electron chi connectivity index (χ3n) is 4.39. The van der Waals surface area contributed by atoms with Gasteiger partial charge in [-0.1, -0.05) is 23.8 Å². The molecule has 3 heterocycles. The summed E-state index contributed by atoms with van der Waals surface area (Å²) in [5.41, 5.74) is 0.941. The molecular formula is C21H16BrN3O4S2. The van der Waals surface area contributed by atoms with Gasteiger partial charge in [0, 0.05) is 16.5 Å². The number of aromatic nitrogens is 2. The van der Waals surface area contributed by atoms with Crippen molar-refractivity contribution in [2.24, 2.45) is 0 Å². The monoisotopic (exact) mass is 517 g/mol. The molecular weight excluding hydrogens is 502 g/mol. The lowest BCUT2D eigenvalue weighted by atomic mass is 10.2. The van der Waals surface area contributed by atoms with E-state index in [-0.39, 0.29) is 28.4 Å². The van der Waals surface area contributed by atoms with Gasteiger partial charge in [-0.15, -0.1) is 11.3 Å². The molecule has 0 spiro atoms. The summed E-state index contributed by atoms with van der Waals surface area (Å²) in [7, 11) is -4.22. The van der Waals surface area contributed by atoms with E-state index < -0.39 is 16.0 Å². The first-order valence-corrected chi connectivity index (χ1v) is 12.2. The Morgan fingerprint density at radius 3 is 2.65 bits per heavy atom. The van der Waals surface area contributed by atoms with Crippen LogP contribution in [0.25, 0.3) is 10.9 Å². The Labute approximate surface area is 191 Å². The molecule has 0 saturated carbocycles. The third kappa shape index (κ3) is 4.60. The number of pyridine rings is 2. The zero-order valence-corrected chi connectivity index (χ0v) is 19.4. The second-order valence-electron chi connectivity index (χ2n) is 6.59. The van der Waals surface area contributed by atoms with E-state index in [1.807, 2.05) is 24.4 Å². The Hall–Kier alpha value is -2.82. The van der Waals surface area contributed by atoms with E-state index in [1.54, 1.807) is 24.3 Å². The number of fused-ring (bicyclic) bond motifs is 1. The van der Waals surface area contributed by atoms with Gasteiger partial charge in [0.05, 0.1) is 6.54 Å². The van der Waals surface area contributed by atoms with Crippen LogP contribution in [0.3, 0.4) is 0 Å². The van der Waals surface area contributed by atoms with Gasteiger partial charge in [-0.05, 0) is 58.6 Å². The molecule has 158 valence electrons. The molecule has 31 heavy (non-hydrogen) atoms. The fourth-order valence-corrected chi connectivity index (χ4v) is 4.92. The number of aryl methyl sites for hydroxylation is 1. The number of rotatable bonds is 6. The Bertz CT molecular complexity index is 1360. The maximum Gasteiger partial charge on any atom is 0.339 e. The SMILES string of the molecule is Cc1ccc(S(=O)(=O)Oc2c(C(=O)NCc3cccs3)nc(Br)c3cccnc23)cc1. The summed E-state index contributed by atoms with van der Waals surface area (Å²) in [6.45, 7) is 2.13. The van der Waals surface area contributed by atoms with E-state index in [4.69, 9.17) is 4.18 Å². The van der Waals surface area contributed by atoms with Gasteiger partial charge in [0.1, 0.15) is 15.0 Å². The molecule has 10 heteroatoms. The van der Waals surface area contributed by atoms with Crippen LogP contribution < -0.4 is 9.50 Å². The summed E-state index contributed by atoms with van der Waals surface area (Å²) in [5, 5.41) is 5.17. The highest BCUT2D eigenvalue weighted by Crippen LogP contribution is 2.33. The van der Waals surface area contributed by atoms with Gasteiger partial charge in [-0.2, -0.15) is 8.42 Å². The lowest BCUT2D eigenvalue weighted by Gasteiger charge is -2.14. The summed E-state index contributed by atoms with van der Waals surface area (Å²) in [5.74, 6) is -0.793. The van der Waals surface area contributed by atoms with E-state index >= 15 is 0 Å². The van der Waals surface area contributed by atoms with Crippen molar-refractivity contribution in [2.45, 2.75) is 18.4 Å². The molecule has 1 N–H and O–H groups in total. The summed E-state index contributed by atoms with van der Waals surface area (Å²) in [4.78, 5) is 22.4. The Morgan fingerprint density at radius 2 is 1.94 bits per heavy atom. The van der Waals surface area contributed by atoms with Crippen LogP contribution >= 0.6 is 27.3 Å². The highest BCUT2D eigenvalue weighted by Gasteiger charge is 2.26. The van der Waals surface area contributed by atoms with Gasteiger partial charge in [-0.3, -0.25) is 9.78 Å². The number of benzene rings is 1. The molecule has 0 aliphatic heterocycles. The van der Waals surface area contributed by atoms with Crippen molar-refractivity contribution in [1.82, 2.24) is 15.3 Å². The van der Waals surface area contributed by atoms with Crippen LogP contribution in [0.1, 0.15) is 20.9 Å². The van der Waals surface area contributed by atoms with Crippen LogP contribution in [-0.4, -0.2) is 24.3 Å². The molecule has 0 saturated heterocycles. The second-order valence-corrected chi connectivity index (χ2v) is 9.92. The lowest BCUT2D eigenvalue weighted by Crippen LogP contribution is -2.25. The molecule has 0 aliphatic rings. The van der Waals surface area contributed by atoms with Gasteiger partial charge in [-0.25, -0.2) is 4.98 Å². The predicted octanol–water partition coefficient (Wildman–Crippen LogP) is 4.46. The van der Waals surface area contributed by atoms with Gasteiger partial charge in [0.15, 0.2) is 5.69 Å². The van der Waals surface area contributed by atoms with Crippen molar-refractivity contribution in [1.29, 1.82) is 0 Å². The minimum absolute atomic E-state index is 0.0324. The van der Waals surface area contributed by atoms with Crippen molar-refractivity contribution in [3.63, 3.8) is 0 Å². The quantitative estimate of drug-likeness (QED) is 0.299. The maximum absolute atomic E-state index is 12.9. The molecule has 0 atom stereocenters. The number of thiophene rings is 1. The minimum Gasteiger partial charge on any atom is -0.374 e. The Balaban J connectivity index is 1.78. The molecule has 0 aliphatic carbocycles. The molecule has 3 aromatic heterocycles. The highest BCUT2D eigenvalue weighted by molar-refractivity contribution is 9.10. The predicted molar refractivity (Wildman–Crippen MR) is 122 cm³/mol. The van der Waals surface area contributed by atoms with Crippen molar-refractivity contribution in [3.05, 3.63) is 80.8 Å². The number of nitrogens with one attached hydrogen (secondary N) is 1. The Kier molecular flexibility index (Phi) is 6.03. The minimum atomic E-state index is -4.22. The van der Waals surface area contributed by atoms with Crippen LogP contribution in [0.15, 0.2) is 69.6 Å². The third-order valence-corrected chi connectivity index (χ3v) is 7.11. The number of carbonyl (C=O) groups excluding carboxylic acids is 1. The van der Waals surface area contributed by atoms with Crippen molar-refractivity contribution < 1.29 is 17.4 Å². The molecule has 4 aromatic rings. The standard InChI is InChI=1S/C21H16BrN3O4S2/c1-13-6-8-15(9-7-13)31(27,28)29-19-17-16(5-2-10-23-17)20(22)25-18(19)21(26)24-12-14-4-3-11-30-14/h2-11H,12H2,1H3,(H,24,26). The van der Waals surface area contributed by atoms with Crippen LogP contribution in [-0.2, 0) is 16.7 Å². The van der Waals surface area contributed by atoms with E-state index in [1.165, 1.54) is 29.7 Å². The topological polar surface area (TPSA) is 98.2 Å². The number of halogens is 1. The largest absolute Gasteiger partial charge is 0.374 e. The van der Waals surface area contributed by atoms with E-state index in [2.05, 4.69) is 31.2 Å². The number of hydrogen-bond donors (Lipinski definition) is 1. The van der Waals surface area contributed by atoms with E-state index in [0.29, 0.717) is 9.99 Å². The Morgan fingerprint density at radius 1 is 1.16 bits per heavy atom. The van der Waals surface area contributed by atoms with Gasteiger partial charge < -0.3 is 9.50 Å². The van der Waals surface area contributed by atoms with E-state index in [0.717, 1.165) is 10.4 Å². The molecule has 4 rings (SSSR count). The van der Waals surface area contributed by atoms with Crippen molar-refractivity contribution >= 4 is 54.2 Å². The average molecular weight is 518 g/mol. The first-order valence-electron chi connectivity index (χ1n) is 9.11. The molecule has 0 bridgehead atoms. The van der Waals surface area contributed by atoms with Gasteiger partial charge in [0.25, 0.3) is 5.91 Å². The smallest absolute Gasteiger partial charge is 0.339 e. The van der Waals surface area contributed by atoms with Gasteiger partial charge in [0.2, 0.25) is 5.75 Å². The van der Waals surface area contributed by atoms with Crippen LogP contribution in [0.4, 0.5) is 0 Å². The lowest BCUT2D eigenvalue weighted by molar-refractivity contribution is 0.0944. The summed E-state index contributed by atoms with van der Waals surface area (Å²) >= 11 is 4.83.